The normalized spacial score (nSPS) is 13.0. The minimum absolute atomic E-state index is 0.0592. The van der Waals surface area contributed by atoms with Gasteiger partial charge in [0.1, 0.15) is 0 Å². The number of halogens is 2. The Hall–Kier alpha value is 0.145. The molecular weight excluding hydrogens is 641 g/mol. The molecule has 0 unspecified atom stereocenters. The Bertz CT molecular complexity index is 997. The van der Waals surface area contributed by atoms with Crippen molar-refractivity contribution in [2.24, 2.45) is 0 Å². The maximum Gasteiger partial charge on any atom is 0.267 e. The molecule has 2 aromatic heterocycles. The van der Waals surface area contributed by atoms with Gasteiger partial charge < -0.3 is 0 Å². The molecule has 0 spiro atoms. The van der Waals surface area contributed by atoms with Gasteiger partial charge in [0, 0.05) is 0 Å². The van der Waals surface area contributed by atoms with Crippen molar-refractivity contribution in [3.8, 4) is 0 Å². The highest BCUT2D eigenvalue weighted by atomic mass is 127. The lowest BCUT2D eigenvalue weighted by atomic mass is 9.39. The van der Waals surface area contributed by atoms with Crippen LogP contribution in [-0.2, 0) is 16.2 Å². The van der Waals surface area contributed by atoms with E-state index >= 15 is 0 Å². The van der Waals surface area contributed by atoms with E-state index in [9.17, 15) is 0 Å². The Morgan fingerprint density at radius 2 is 1.00 bits per heavy atom. The number of hydrogen-bond acceptors (Lipinski definition) is 2. The summed E-state index contributed by atoms with van der Waals surface area (Å²) in [5.41, 5.74) is 6.16. The Balaban J connectivity index is 2.47. The van der Waals surface area contributed by atoms with Crippen LogP contribution < -0.4 is 15.0 Å². The van der Waals surface area contributed by atoms with Crippen molar-refractivity contribution < 1.29 is 0 Å². The molecule has 0 N–H and O–H groups in total. The van der Waals surface area contributed by atoms with Gasteiger partial charge in [-0.25, -0.2) is 0 Å². The van der Waals surface area contributed by atoms with Crippen LogP contribution in [0.25, 0.3) is 0 Å². The van der Waals surface area contributed by atoms with E-state index in [0.717, 1.165) is 0 Å². The standard InChI is InChI=1S/C26H33BI2S2/c1-24(2,3)16-14-17(25(4,5)6)23(18(15-16)26(7,8)9)27(19-10-12-21(28)30-19)20-11-13-22(29)31-20/h10-15H,1-9H3. The Labute approximate surface area is 225 Å². The molecule has 0 saturated carbocycles. The van der Waals surface area contributed by atoms with Crippen LogP contribution in [0.5, 0.6) is 0 Å². The van der Waals surface area contributed by atoms with Gasteiger partial charge in [0.15, 0.2) is 0 Å². The molecule has 31 heavy (non-hydrogen) atoms. The molecule has 166 valence electrons. The fourth-order valence-corrected chi connectivity index (χ4v) is 7.71. The van der Waals surface area contributed by atoms with E-state index in [2.05, 4.69) is 144 Å². The average molecular weight is 674 g/mol. The molecule has 3 rings (SSSR count). The van der Waals surface area contributed by atoms with Crippen LogP contribution in [-0.4, -0.2) is 6.71 Å². The maximum absolute atomic E-state index is 2.51. The Morgan fingerprint density at radius 1 is 0.613 bits per heavy atom. The van der Waals surface area contributed by atoms with Gasteiger partial charge in [0.05, 0.1) is 5.77 Å². The van der Waals surface area contributed by atoms with E-state index in [1.54, 1.807) is 0 Å². The topological polar surface area (TPSA) is 0 Å². The molecular formula is C26H33BI2S2. The molecule has 2 heterocycles. The summed E-state index contributed by atoms with van der Waals surface area (Å²) in [7, 11) is 0. The van der Waals surface area contributed by atoms with Crippen LogP contribution in [0.4, 0.5) is 0 Å². The third-order valence-electron chi connectivity index (χ3n) is 5.71. The summed E-state index contributed by atoms with van der Waals surface area (Å²) in [6.07, 6.45) is 0. The van der Waals surface area contributed by atoms with Gasteiger partial charge >= 0.3 is 0 Å². The van der Waals surface area contributed by atoms with Crippen molar-refractivity contribution in [3.05, 3.63) is 58.9 Å². The van der Waals surface area contributed by atoms with Gasteiger partial charge in [0.2, 0.25) is 0 Å². The number of benzene rings is 1. The molecule has 0 aliphatic rings. The van der Waals surface area contributed by atoms with Crippen LogP contribution in [0, 0.1) is 5.77 Å². The third-order valence-corrected chi connectivity index (χ3v) is 9.63. The predicted octanol–water partition coefficient (Wildman–Crippen LogP) is 7.43. The fraction of sp³-hybridized carbons (Fsp3) is 0.462. The van der Waals surface area contributed by atoms with Crippen molar-refractivity contribution in [3.63, 3.8) is 0 Å². The molecule has 0 nitrogen and oxygen atoms in total. The molecule has 0 bridgehead atoms. The zero-order valence-electron chi connectivity index (χ0n) is 20.1. The highest BCUT2D eigenvalue weighted by Gasteiger charge is 2.36. The summed E-state index contributed by atoms with van der Waals surface area (Å²) in [4.78, 5) is 0. The molecule has 0 amide bonds. The predicted molar refractivity (Wildman–Crippen MR) is 161 cm³/mol. The van der Waals surface area contributed by atoms with Crippen LogP contribution in [0.2, 0.25) is 0 Å². The average Bonchev–Trinajstić information content (AvgIpc) is 3.21. The van der Waals surface area contributed by atoms with Crippen LogP contribution in [0.3, 0.4) is 0 Å². The molecule has 0 aliphatic heterocycles. The molecule has 0 radical (unpaired) electrons. The van der Waals surface area contributed by atoms with Gasteiger partial charge in [-0.3, -0.25) is 0 Å². The van der Waals surface area contributed by atoms with Gasteiger partial charge in [-0.1, -0.05) is 92.0 Å². The van der Waals surface area contributed by atoms with Crippen LogP contribution in [0.1, 0.15) is 79.0 Å². The van der Waals surface area contributed by atoms with Crippen molar-refractivity contribution in [2.75, 3.05) is 0 Å². The molecule has 0 saturated heterocycles. The lowest BCUT2D eigenvalue weighted by molar-refractivity contribution is 0.553. The lowest BCUT2D eigenvalue weighted by Gasteiger charge is -2.35. The highest BCUT2D eigenvalue weighted by Crippen LogP contribution is 2.34. The van der Waals surface area contributed by atoms with Crippen molar-refractivity contribution in [2.45, 2.75) is 78.6 Å². The second-order valence-electron chi connectivity index (χ2n) is 11.5. The van der Waals surface area contributed by atoms with E-state index in [0.29, 0.717) is 0 Å². The highest BCUT2D eigenvalue weighted by molar-refractivity contribution is 14.1. The molecule has 3 aromatic rings. The van der Waals surface area contributed by atoms with Gasteiger partial charge in [0.25, 0.3) is 6.71 Å². The van der Waals surface area contributed by atoms with Crippen molar-refractivity contribution >= 4 is 89.6 Å². The SMILES string of the molecule is CC(C)(C)c1cc(C(C)(C)C)c(B(c2ccc(I)s2)c2ccc(I)s2)c(C(C)(C)C)c1. The lowest BCUT2D eigenvalue weighted by Crippen LogP contribution is -2.55. The Kier molecular flexibility index (Phi) is 7.53. The number of rotatable bonds is 3. The number of thiophene rings is 2. The van der Waals surface area contributed by atoms with Crippen molar-refractivity contribution in [1.82, 2.24) is 0 Å². The summed E-state index contributed by atoms with van der Waals surface area (Å²) >= 11 is 8.80. The van der Waals surface area contributed by atoms with Crippen molar-refractivity contribution in [1.29, 1.82) is 0 Å². The third kappa shape index (κ3) is 5.80. The summed E-state index contributed by atoms with van der Waals surface area (Å²) in [6.45, 7) is 21.5. The van der Waals surface area contributed by atoms with E-state index in [1.165, 1.54) is 37.5 Å². The first-order valence-corrected chi connectivity index (χ1v) is 14.6. The first-order chi connectivity index (χ1) is 14.1. The van der Waals surface area contributed by atoms with E-state index in [4.69, 9.17) is 0 Å². The molecule has 1 aromatic carbocycles. The van der Waals surface area contributed by atoms with Gasteiger partial charge in [-0.15, -0.1) is 22.7 Å². The quantitative estimate of drug-likeness (QED) is 0.201. The molecule has 5 heteroatoms. The summed E-state index contributed by atoms with van der Waals surface area (Å²) < 4.78 is 5.60. The largest absolute Gasteiger partial charge is 0.267 e. The second-order valence-corrected chi connectivity index (χ2v) is 17.5. The number of hydrogen-bond donors (Lipinski definition) is 0. The minimum Gasteiger partial charge on any atom is -0.143 e. The van der Waals surface area contributed by atoms with E-state index < -0.39 is 0 Å². The van der Waals surface area contributed by atoms with Crippen LogP contribution in [0.15, 0.2) is 36.4 Å². The molecule has 0 fully saturated rings. The monoisotopic (exact) mass is 674 g/mol. The first-order valence-electron chi connectivity index (χ1n) is 10.8. The van der Waals surface area contributed by atoms with Gasteiger partial charge in [-0.2, -0.15) is 0 Å². The second kappa shape index (κ2) is 9.07. The minimum atomic E-state index is 0.0592. The summed E-state index contributed by atoms with van der Waals surface area (Å²) in [6, 6.07) is 14.2. The fourth-order valence-electron chi connectivity index (χ4n) is 4.03. The zero-order valence-corrected chi connectivity index (χ0v) is 26.1. The van der Waals surface area contributed by atoms with E-state index in [1.807, 2.05) is 22.7 Å². The van der Waals surface area contributed by atoms with E-state index in [-0.39, 0.29) is 23.0 Å². The van der Waals surface area contributed by atoms with Crippen LogP contribution >= 0.6 is 67.9 Å². The summed E-state index contributed by atoms with van der Waals surface area (Å²) in [5.74, 6) is 0. The smallest absolute Gasteiger partial charge is 0.143 e. The summed E-state index contributed by atoms with van der Waals surface area (Å²) in [5, 5.41) is 0. The first kappa shape index (κ1) is 25.8. The molecule has 0 atom stereocenters. The Morgan fingerprint density at radius 3 is 1.26 bits per heavy atom. The zero-order chi connectivity index (χ0) is 23.4. The van der Waals surface area contributed by atoms with Gasteiger partial charge in [-0.05, 0) is 99.8 Å². The maximum atomic E-state index is 2.51. The molecule has 0 aliphatic carbocycles.